The van der Waals surface area contributed by atoms with E-state index in [2.05, 4.69) is 90.6 Å². The molecule has 8 aliphatic carbocycles. The zero-order valence-corrected chi connectivity index (χ0v) is 65.2. The van der Waals surface area contributed by atoms with Crippen LogP contribution in [0.2, 0.25) is 0 Å². The maximum absolute atomic E-state index is 13.1. The van der Waals surface area contributed by atoms with E-state index >= 15 is 0 Å². The number of aromatic carboxylic acids is 1. The second kappa shape index (κ2) is 41.6. The van der Waals surface area contributed by atoms with Crippen molar-refractivity contribution in [2.24, 2.45) is 51.1 Å². The van der Waals surface area contributed by atoms with E-state index < -0.39 is 5.97 Å². The molecule has 0 spiro atoms. The van der Waals surface area contributed by atoms with Crippen molar-refractivity contribution in [2.45, 2.75) is 200 Å². The number of carbonyl (C=O) groups excluding carboxylic acids is 5. The molecular formula is C85H117IN7O10P. The number of unbranched alkanes of at least 4 members (excludes halogenated alkanes) is 9. The summed E-state index contributed by atoms with van der Waals surface area (Å²) in [6.45, 7) is 10.8. The first-order chi connectivity index (χ1) is 50.6. The minimum Gasteiger partial charge on any atom is -0.489 e. The third-order valence-electron chi connectivity index (χ3n) is 23.3. The average molecular weight is 1550 g/mol. The van der Waals surface area contributed by atoms with Crippen LogP contribution in [-0.2, 0) is 50.2 Å². The lowest BCUT2D eigenvalue weighted by molar-refractivity contribution is -0.136. The minimum atomic E-state index is -0.943. The van der Waals surface area contributed by atoms with E-state index in [0.717, 1.165) is 140 Å². The van der Waals surface area contributed by atoms with Gasteiger partial charge in [-0.25, -0.2) is 9.59 Å². The normalized spacial score (nSPS) is 23.9. The number of hydrogen-bond acceptors (Lipinski definition) is 12. The Balaban J connectivity index is 0.000000224. The van der Waals surface area contributed by atoms with Crippen LogP contribution < -0.4 is 20.1 Å². The Hall–Kier alpha value is -6.47. The molecule has 14 rings (SSSR count). The molecule has 3 N–H and O–H groups in total. The summed E-state index contributed by atoms with van der Waals surface area (Å²) in [5.41, 5.74) is 5.27. The topological polar surface area (TPSA) is 200 Å². The summed E-state index contributed by atoms with van der Waals surface area (Å²) in [6, 6.07) is 31.4. The number of allylic oxidation sites excluding steroid dienone is 4. The molecular weight excluding hydrogens is 1440 g/mol. The Kier molecular flexibility index (Phi) is 32.0. The lowest BCUT2D eigenvalue weighted by atomic mass is 9.49. The van der Waals surface area contributed by atoms with Gasteiger partial charge in [-0.15, -0.1) is 0 Å². The molecule has 104 heavy (non-hydrogen) atoms. The summed E-state index contributed by atoms with van der Waals surface area (Å²) >= 11 is 2.16. The Bertz CT molecular complexity index is 3400. The average Bonchev–Trinajstić information content (AvgIpc) is 0.757. The number of halogens is 1. The monoisotopic (exact) mass is 1550 g/mol. The number of rotatable bonds is 35. The fourth-order valence-electron chi connectivity index (χ4n) is 18.9. The van der Waals surface area contributed by atoms with Gasteiger partial charge in [0.1, 0.15) is 24.7 Å². The smallest absolute Gasteiger partial charge is 0.338 e. The molecule has 8 saturated carbocycles. The predicted octanol–water partition coefficient (Wildman–Crippen LogP) is 17.0. The zero-order chi connectivity index (χ0) is 72.9. The molecule has 564 valence electrons. The van der Waals surface area contributed by atoms with Crippen molar-refractivity contribution in [3.8, 4) is 11.5 Å². The van der Waals surface area contributed by atoms with Crippen molar-refractivity contribution < 1.29 is 48.1 Å². The van der Waals surface area contributed by atoms with E-state index in [-0.39, 0.29) is 59.1 Å². The van der Waals surface area contributed by atoms with Crippen LogP contribution in [0.25, 0.3) is 0 Å². The number of carbonyl (C=O) groups is 6. The quantitative estimate of drug-likeness (QED) is 0.0130. The SMILES string of the molecule is CCCCC/C=C\C/C=C\CCCCCCCCOC(=O)c1ccc(COc2ccccc2CN2CCN(C(=O)CNC(=O)CC34CC5CC(CC(C5)C3)C4)CC2)cc1.CN=PI.O=C(CC12CC3CC(CC(C3)C1)C2)NCC(=O)N1CCN(Cc2ccccc2OCc2ccc(C(=O)O)cc2)CC1. The van der Waals surface area contributed by atoms with Gasteiger partial charge in [0.2, 0.25) is 23.6 Å². The largest absolute Gasteiger partial charge is 0.489 e. The fraction of sp³-hybridized carbons (Fsp3) is 0.600. The van der Waals surface area contributed by atoms with Crippen LogP contribution in [0.4, 0.5) is 0 Å². The molecule has 2 heterocycles. The zero-order valence-electron chi connectivity index (χ0n) is 62.2. The molecule has 0 radical (unpaired) electrons. The lowest BCUT2D eigenvalue weighted by Gasteiger charge is -2.56. The van der Waals surface area contributed by atoms with Gasteiger partial charge in [-0.05, 0) is 209 Å². The number of carboxylic acids is 1. The highest BCUT2D eigenvalue weighted by Crippen LogP contribution is 2.62. The van der Waals surface area contributed by atoms with Crippen LogP contribution >= 0.6 is 28.1 Å². The number of amides is 4. The summed E-state index contributed by atoms with van der Waals surface area (Å²) in [4.78, 5) is 84.0. The molecule has 10 fully saturated rings. The number of ether oxygens (including phenoxy) is 3. The number of nitrogens with one attached hydrogen (secondary N) is 2. The van der Waals surface area contributed by atoms with Gasteiger partial charge in [0.25, 0.3) is 0 Å². The number of nitrogens with zero attached hydrogens (tertiary/aromatic N) is 5. The van der Waals surface area contributed by atoms with E-state index in [1.807, 2.05) is 70.5 Å². The first-order valence-corrected chi connectivity index (χ1v) is 43.0. The second-order valence-electron chi connectivity index (χ2n) is 31.5. The van der Waals surface area contributed by atoms with E-state index in [1.165, 1.54) is 128 Å². The number of carboxylic acid groups (broad SMARTS) is 1. The highest BCUT2D eigenvalue weighted by atomic mass is 127. The van der Waals surface area contributed by atoms with Crippen molar-refractivity contribution in [3.63, 3.8) is 0 Å². The standard InChI is InChI=1S/C51H73N3O5.C33H41N3O5.CH3INP/c1-2-3-4-5-6-7-8-9-10-11-12-13-14-15-16-19-30-58-50(57)45-24-22-41(23-25-45)40-59-47-21-18-17-20-46(47)39-53-26-28-54(29-27-53)49(56)38-52-48(55)37-51-34-42-31-43(35-51)33-44(32-42)36-51;37-30(19-33-16-24-13-25(17-33)15-26(14-24)18-33)34-20-31(38)36-11-9-35(10-12-36)21-28-3-1-2-4-29(28)41-22-23-5-7-27(8-6-23)32(39)40;1-3-4-2/h6-7,9-10,17-18,20-25,42-44H,2-5,8,11-16,19,26-40H2,1H3,(H,52,55);1-8,24-26H,9-22H2,(H,34,37)(H,39,40);1H3/b7-6-,10-9-;;. The van der Waals surface area contributed by atoms with Crippen LogP contribution in [0.1, 0.15) is 217 Å². The maximum atomic E-state index is 13.1. The Labute approximate surface area is 634 Å². The molecule has 8 bridgehead atoms. The Morgan fingerprint density at radius 2 is 0.904 bits per heavy atom. The van der Waals surface area contributed by atoms with Gasteiger partial charge in [0.05, 0.1) is 36.8 Å². The van der Waals surface area contributed by atoms with E-state index in [4.69, 9.17) is 19.3 Å². The fourth-order valence-corrected chi connectivity index (χ4v) is 18.9. The molecule has 0 unspecified atom stereocenters. The van der Waals surface area contributed by atoms with Gasteiger partial charge >= 0.3 is 11.9 Å². The molecule has 0 aromatic heterocycles. The van der Waals surface area contributed by atoms with E-state index in [9.17, 15) is 28.8 Å². The number of hydrogen-bond donors (Lipinski definition) is 3. The minimum absolute atomic E-state index is 0.00108. The van der Waals surface area contributed by atoms with Crippen molar-refractivity contribution in [3.05, 3.63) is 155 Å². The molecule has 0 atom stereocenters. The van der Waals surface area contributed by atoms with Crippen molar-refractivity contribution in [2.75, 3.05) is 79.1 Å². The highest BCUT2D eigenvalue weighted by molar-refractivity contribution is 14.2. The van der Waals surface area contributed by atoms with Crippen molar-refractivity contribution in [1.82, 2.24) is 30.2 Å². The molecule has 4 aromatic rings. The Morgan fingerprint density at radius 3 is 1.31 bits per heavy atom. The molecule has 19 heteroatoms. The first-order valence-electron chi connectivity index (χ1n) is 39.4. The van der Waals surface area contributed by atoms with Crippen molar-refractivity contribution in [1.29, 1.82) is 0 Å². The van der Waals surface area contributed by atoms with Gasteiger partial charge in [-0.2, -0.15) is 0 Å². The van der Waals surface area contributed by atoms with Crippen LogP contribution in [-0.4, -0.2) is 139 Å². The molecule has 2 aliphatic heterocycles. The van der Waals surface area contributed by atoms with Crippen LogP contribution in [0.15, 0.2) is 126 Å². The van der Waals surface area contributed by atoms with Crippen LogP contribution in [0.5, 0.6) is 11.5 Å². The molecule has 4 amide bonds. The highest BCUT2D eigenvalue weighted by Gasteiger charge is 2.53. The van der Waals surface area contributed by atoms with E-state index in [0.29, 0.717) is 64.4 Å². The first kappa shape index (κ1) is 80.1. The third kappa shape index (κ3) is 25.3. The summed E-state index contributed by atoms with van der Waals surface area (Å²) < 4.78 is 21.6. The number of benzene rings is 4. The summed E-state index contributed by atoms with van der Waals surface area (Å²) in [6.07, 6.45) is 40.1. The van der Waals surface area contributed by atoms with Gasteiger partial charge in [-0.3, -0.25) is 33.7 Å². The Morgan fingerprint density at radius 1 is 0.519 bits per heavy atom. The van der Waals surface area contributed by atoms with Gasteiger partial charge in [-0.1, -0.05) is 130 Å². The van der Waals surface area contributed by atoms with Gasteiger partial charge in [0, 0.05) is 119 Å². The maximum Gasteiger partial charge on any atom is 0.338 e. The molecule has 10 aliphatic rings. The number of piperazine rings is 2. The molecule has 17 nitrogen and oxygen atoms in total. The van der Waals surface area contributed by atoms with Crippen molar-refractivity contribution >= 4 is 63.6 Å². The molecule has 2 saturated heterocycles. The molecule has 4 aromatic carbocycles. The van der Waals surface area contributed by atoms with Gasteiger partial charge in [0.15, 0.2) is 0 Å². The van der Waals surface area contributed by atoms with E-state index in [1.54, 1.807) is 31.3 Å². The summed E-state index contributed by atoms with van der Waals surface area (Å²) in [5, 5.41) is 15.0. The number of para-hydroxylation sites is 2. The lowest BCUT2D eigenvalue weighted by Crippen LogP contribution is -2.51. The third-order valence-corrected chi connectivity index (χ3v) is 24.7. The predicted molar refractivity (Wildman–Crippen MR) is 421 cm³/mol. The van der Waals surface area contributed by atoms with Gasteiger partial charge < -0.3 is 39.8 Å². The van der Waals surface area contributed by atoms with Crippen LogP contribution in [0.3, 0.4) is 0 Å². The summed E-state index contributed by atoms with van der Waals surface area (Å²) in [5.74, 6) is 5.48. The summed E-state index contributed by atoms with van der Waals surface area (Å²) in [7, 11) is 1.79. The number of esters is 1. The van der Waals surface area contributed by atoms with Crippen LogP contribution in [0, 0.1) is 46.3 Å². The second-order valence-corrected chi connectivity index (χ2v) is 33.4.